The molecule has 3 N–H and O–H groups in total. The van der Waals surface area contributed by atoms with Gasteiger partial charge in [-0.05, 0) is 30.7 Å². The molecule has 0 amide bonds. The van der Waals surface area contributed by atoms with Gasteiger partial charge in [0.15, 0.2) is 0 Å². The summed E-state index contributed by atoms with van der Waals surface area (Å²) in [4.78, 5) is 10.4. The molecule has 0 bridgehead atoms. The highest BCUT2D eigenvalue weighted by molar-refractivity contribution is 5.61. The number of hydrogen-bond donors (Lipinski definition) is 3. The third kappa shape index (κ3) is 5.66. The highest BCUT2D eigenvalue weighted by atomic mass is 19.4. The number of rotatable bonds is 8. The number of nitrogens with zero attached hydrogens (tertiary/aromatic N) is 1. The first kappa shape index (κ1) is 20.7. The summed E-state index contributed by atoms with van der Waals surface area (Å²) in [6.45, 7) is 2.13. The lowest BCUT2D eigenvalue weighted by Gasteiger charge is -2.25. The van der Waals surface area contributed by atoms with Crippen LogP contribution in [0.5, 0.6) is 0 Å². The van der Waals surface area contributed by atoms with E-state index in [4.69, 9.17) is 0 Å². The first-order valence-corrected chi connectivity index (χ1v) is 8.19. The molecule has 0 saturated carbocycles. The van der Waals surface area contributed by atoms with Crippen molar-refractivity contribution in [3.63, 3.8) is 0 Å². The third-order valence-electron chi connectivity index (χ3n) is 4.00. The van der Waals surface area contributed by atoms with Crippen molar-refractivity contribution >= 4 is 11.4 Å². The first-order chi connectivity index (χ1) is 12.6. The largest absolute Gasteiger partial charge is 0.416 e. The predicted molar refractivity (Wildman–Crippen MR) is 95.5 cm³/mol. The van der Waals surface area contributed by atoms with E-state index < -0.39 is 22.3 Å². The Labute approximate surface area is 154 Å². The molecule has 0 aliphatic carbocycles. The predicted octanol–water partition coefficient (Wildman–Crippen LogP) is 3.52. The monoisotopic (exact) mass is 383 g/mol. The Morgan fingerprint density at radius 3 is 2.41 bits per heavy atom. The summed E-state index contributed by atoms with van der Waals surface area (Å²) < 4.78 is 38.4. The molecule has 9 heteroatoms. The lowest BCUT2D eigenvalue weighted by Crippen LogP contribution is -2.37. The molecule has 0 aromatic heterocycles. The quantitative estimate of drug-likeness (QED) is 0.369. The van der Waals surface area contributed by atoms with Gasteiger partial charge in [0.2, 0.25) is 0 Å². The number of alkyl halides is 3. The number of aliphatic hydroxyl groups is 1. The van der Waals surface area contributed by atoms with E-state index in [9.17, 15) is 28.4 Å². The molecule has 2 rings (SSSR count). The van der Waals surface area contributed by atoms with Crippen LogP contribution in [-0.4, -0.2) is 29.7 Å². The van der Waals surface area contributed by atoms with Crippen LogP contribution in [0.4, 0.5) is 24.5 Å². The number of para-hydroxylation sites is 2. The summed E-state index contributed by atoms with van der Waals surface area (Å²) in [5.41, 5.74) is -1.85. The number of benzene rings is 2. The topological polar surface area (TPSA) is 87.4 Å². The van der Waals surface area contributed by atoms with Crippen molar-refractivity contribution in [2.45, 2.75) is 18.7 Å². The second kappa shape index (κ2) is 8.36. The molecule has 0 heterocycles. The number of hydrogen-bond acceptors (Lipinski definition) is 5. The maximum Gasteiger partial charge on any atom is 0.416 e. The number of nitro benzene ring substituents is 1. The zero-order valence-electron chi connectivity index (χ0n) is 14.6. The standard InChI is InChI=1S/C18H20F3N3O3/c1-17(25,13-5-4-6-14(11-13)18(19,20)21)12-22-9-10-23-15-7-2-3-8-16(15)24(26)27/h2-8,11,22-23,25H,9-10,12H2,1H3. The second-order valence-corrected chi connectivity index (χ2v) is 6.23. The molecular formula is C18H20F3N3O3. The Balaban J connectivity index is 1.89. The Morgan fingerprint density at radius 2 is 1.74 bits per heavy atom. The van der Waals surface area contributed by atoms with Crippen LogP contribution < -0.4 is 10.6 Å². The van der Waals surface area contributed by atoms with Gasteiger partial charge in [-0.2, -0.15) is 13.2 Å². The average molecular weight is 383 g/mol. The van der Waals surface area contributed by atoms with E-state index >= 15 is 0 Å². The fourth-order valence-corrected chi connectivity index (χ4v) is 2.53. The zero-order valence-corrected chi connectivity index (χ0v) is 14.6. The van der Waals surface area contributed by atoms with Gasteiger partial charge < -0.3 is 15.7 Å². The van der Waals surface area contributed by atoms with Crippen molar-refractivity contribution in [3.8, 4) is 0 Å². The SMILES string of the molecule is CC(O)(CNCCNc1ccccc1[N+](=O)[O-])c1cccc(C(F)(F)F)c1. The number of halogens is 3. The smallest absolute Gasteiger partial charge is 0.384 e. The molecule has 0 aliphatic rings. The summed E-state index contributed by atoms with van der Waals surface area (Å²) in [5.74, 6) is 0. The molecule has 2 aromatic carbocycles. The lowest BCUT2D eigenvalue weighted by molar-refractivity contribution is -0.384. The van der Waals surface area contributed by atoms with E-state index in [1.807, 2.05) is 0 Å². The fraction of sp³-hybridized carbons (Fsp3) is 0.333. The minimum Gasteiger partial charge on any atom is -0.384 e. The van der Waals surface area contributed by atoms with Crippen molar-refractivity contribution in [1.29, 1.82) is 0 Å². The molecule has 27 heavy (non-hydrogen) atoms. The van der Waals surface area contributed by atoms with Crippen LogP contribution in [-0.2, 0) is 11.8 Å². The molecule has 0 spiro atoms. The van der Waals surface area contributed by atoms with E-state index in [2.05, 4.69) is 10.6 Å². The van der Waals surface area contributed by atoms with E-state index in [1.54, 1.807) is 18.2 Å². The van der Waals surface area contributed by atoms with Gasteiger partial charge in [-0.15, -0.1) is 0 Å². The summed E-state index contributed by atoms with van der Waals surface area (Å²) in [7, 11) is 0. The minimum absolute atomic E-state index is 0.0207. The number of nitrogens with one attached hydrogen (secondary N) is 2. The molecular weight excluding hydrogens is 363 g/mol. The zero-order chi connectivity index (χ0) is 20.1. The number of nitro groups is 1. The summed E-state index contributed by atoms with van der Waals surface area (Å²) in [6, 6.07) is 10.8. The van der Waals surface area contributed by atoms with Crippen molar-refractivity contribution in [1.82, 2.24) is 5.32 Å². The van der Waals surface area contributed by atoms with Gasteiger partial charge in [-0.1, -0.05) is 24.3 Å². The van der Waals surface area contributed by atoms with Gasteiger partial charge in [0, 0.05) is 25.7 Å². The van der Waals surface area contributed by atoms with Gasteiger partial charge in [-0.3, -0.25) is 10.1 Å². The molecule has 2 aromatic rings. The summed E-state index contributed by atoms with van der Waals surface area (Å²) >= 11 is 0. The Bertz CT molecular complexity index is 795. The van der Waals surface area contributed by atoms with E-state index in [0.29, 0.717) is 18.8 Å². The highest BCUT2D eigenvalue weighted by Gasteiger charge is 2.32. The lowest BCUT2D eigenvalue weighted by atomic mass is 9.94. The molecule has 146 valence electrons. The van der Waals surface area contributed by atoms with Crippen molar-refractivity contribution < 1.29 is 23.2 Å². The maximum absolute atomic E-state index is 12.8. The molecule has 0 saturated heterocycles. The van der Waals surface area contributed by atoms with Crippen LogP contribution in [0.25, 0.3) is 0 Å². The van der Waals surface area contributed by atoms with Crippen molar-refractivity contribution in [2.75, 3.05) is 25.0 Å². The van der Waals surface area contributed by atoms with Gasteiger partial charge >= 0.3 is 6.18 Å². The Kier molecular flexibility index (Phi) is 6.40. The van der Waals surface area contributed by atoms with Crippen LogP contribution in [0.15, 0.2) is 48.5 Å². The van der Waals surface area contributed by atoms with Gasteiger partial charge in [-0.25, -0.2) is 0 Å². The maximum atomic E-state index is 12.8. The molecule has 0 fully saturated rings. The van der Waals surface area contributed by atoms with Gasteiger partial charge in [0.25, 0.3) is 5.69 Å². The van der Waals surface area contributed by atoms with Crippen LogP contribution in [0.2, 0.25) is 0 Å². The van der Waals surface area contributed by atoms with Gasteiger partial charge in [0.05, 0.1) is 16.1 Å². The molecule has 6 nitrogen and oxygen atoms in total. The van der Waals surface area contributed by atoms with E-state index in [0.717, 1.165) is 12.1 Å². The van der Waals surface area contributed by atoms with E-state index in [1.165, 1.54) is 25.1 Å². The molecule has 1 atom stereocenters. The fourth-order valence-electron chi connectivity index (χ4n) is 2.53. The molecule has 0 aliphatic heterocycles. The third-order valence-corrected chi connectivity index (χ3v) is 4.00. The number of anilines is 1. The van der Waals surface area contributed by atoms with Crippen molar-refractivity contribution in [2.24, 2.45) is 0 Å². The first-order valence-electron chi connectivity index (χ1n) is 8.19. The van der Waals surface area contributed by atoms with Crippen LogP contribution in [0, 0.1) is 10.1 Å². The molecule has 1 unspecified atom stereocenters. The van der Waals surface area contributed by atoms with Crippen LogP contribution in [0.3, 0.4) is 0 Å². The minimum atomic E-state index is -4.48. The second-order valence-electron chi connectivity index (χ2n) is 6.23. The van der Waals surface area contributed by atoms with Crippen molar-refractivity contribution in [3.05, 3.63) is 69.8 Å². The summed E-state index contributed by atoms with van der Waals surface area (Å²) in [5, 5.41) is 27.3. The molecule has 0 radical (unpaired) electrons. The summed E-state index contributed by atoms with van der Waals surface area (Å²) in [6.07, 6.45) is -4.48. The Morgan fingerprint density at radius 1 is 1.07 bits per heavy atom. The van der Waals surface area contributed by atoms with Gasteiger partial charge in [0.1, 0.15) is 5.69 Å². The van der Waals surface area contributed by atoms with Crippen LogP contribution >= 0.6 is 0 Å². The Hall–Kier alpha value is -2.65. The van der Waals surface area contributed by atoms with E-state index in [-0.39, 0.29) is 17.8 Å². The highest BCUT2D eigenvalue weighted by Crippen LogP contribution is 2.32. The van der Waals surface area contributed by atoms with Crippen LogP contribution in [0.1, 0.15) is 18.1 Å². The average Bonchev–Trinajstić information content (AvgIpc) is 2.61. The normalized spacial score (nSPS) is 13.8.